The first-order chi connectivity index (χ1) is 8.38. The molecule has 1 rings (SSSR count). The molecule has 0 radical (unpaired) electrons. The van der Waals surface area contributed by atoms with Crippen molar-refractivity contribution < 1.29 is 14.6 Å². The number of nitrogens with one attached hydrogen (secondary N) is 1. The molecule has 0 aliphatic rings. The van der Waals surface area contributed by atoms with Crippen molar-refractivity contribution in [2.45, 2.75) is 25.9 Å². The molecule has 1 amide bonds. The van der Waals surface area contributed by atoms with Crippen LogP contribution in [0.3, 0.4) is 0 Å². The zero-order valence-corrected chi connectivity index (χ0v) is 11.3. The fourth-order valence-corrected chi connectivity index (χ4v) is 1.41. The topological polar surface area (TPSA) is 58.6 Å². The van der Waals surface area contributed by atoms with Gasteiger partial charge in [0.05, 0.1) is 23.7 Å². The minimum Gasteiger partial charge on any atom is -0.491 e. The van der Waals surface area contributed by atoms with E-state index in [1.807, 2.05) is 12.1 Å². The number of halogens is 1. The van der Waals surface area contributed by atoms with Gasteiger partial charge in [0.15, 0.2) is 0 Å². The van der Waals surface area contributed by atoms with Gasteiger partial charge >= 0.3 is 0 Å². The summed E-state index contributed by atoms with van der Waals surface area (Å²) in [5, 5.41) is 12.6. The number of carbonyl (C=O) groups is 1. The van der Waals surface area contributed by atoms with Crippen LogP contribution in [0.1, 0.15) is 20.3 Å². The average Bonchev–Trinajstić information content (AvgIpc) is 2.28. The molecule has 0 saturated carbocycles. The highest BCUT2D eigenvalue weighted by Gasteiger charge is 2.13. The molecule has 5 heteroatoms. The molecule has 0 saturated heterocycles. The van der Waals surface area contributed by atoms with E-state index in [0.29, 0.717) is 10.8 Å². The highest BCUT2D eigenvalue weighted by molar-refractivity contribution is 6.32. The Morgan fingerprint density at radius 1 is 1.44 bits per heavy atom. The largest absolute Gasteiger partial charge is 0.491 e. The molecule has 0 fully saturated rings. The molecule has 1 aromatic carbocycles. The van der Waals surface area contributed by atoms with E-state index < -0.39 is 5.60 Å². The lowest BCUT2D eigenvalue weighted by Gasteiger charge is -2.17. The number of rotatable bonds is 6. The third-order valence-corrected chi connectivity index (χ3v) is 2.45. The summed E-state index contributed by atoms with van der Waals surface area (Å²) in [6.45, 7) is 3.74. The first kappa shape index (κ1) is 14.8. The Labute approximate surface area is 112 Å². The van der Waals surface area contributed by atoms with Gasteiger partial charge in [-0.1, -0.05) is 23.7 Å². The monoisotopic (exact) mass is 271 g/mol. The van der Waals surface area contributed by atoms with Gasteiger partial charge in [-0.2, -0.15) is 0 Å². The Morgan fingerprint density at radius 3 is 2.72 bits per heavy atom. The van der Waals surface area contributed by atoms with Gasteiger partial charge in [-0.3, -0.25) is 4.79 Å². The molecule has 0 bridgehead atoms. The van der Waals surface area contributed by atoms with Crippen LogP contribution in [0.15, 0.2) is 24.3 Å². The lowest BCUT2D eigenvalue weighted by Crippen LogP contribution is -2.38. The third-order valence-electron chi connectivity index (χ3n) is 2.14. The highest BCUT2D eigenvalue weighted by atomic mass is 35.5. The van der Waals surface area contributed by atoms with Crippen molar-refractivity contribution in [2.24, 2.45) is 0 Å². The van der Waals surface area contributed by atoms with E-state index in [-0.39, 0.29) is 25.5 Å². The zero-order chi connectivity index (χ0) is 13.6. The lowest BCUT2D eigenvalue weighted by atomic mass is 10.1. The van der Waals surface area contributed by atoms with Crippen molar-refractivity contribution in [3.05, 3.63) is 29.3 Å². The van der Waals surface area contributed by atoms with Crippen molar-refractivity contribution in [2.75, 3.05) is 13.2 Å². The molecule has 100 valence electrons. The molecule has 0 spiro atoms. The predicted molar refractivity (Wildman–Crippen MR) is 70.9 cm³/mol. The van der Waals surface area contributed by atoms with Gasteiger partial charge in [0.1, 0.15) is 5.75 Å². The maximum Gasteiger partial charge on any atom is 0.223 e. The molecule has 0 heterocycles. The Balaban J connectivity index is 2.26. The molecule has 0 aromatic heterocycles. The number of carbonyl (C=O) groups excluding carboxylic acids is 1. The molecule has 0 aliphatic heterocycles. The van der Waals surface area contributed by atoms with Crippen molar-refractivity contribution >= 4 is 17.5 Å². The normalized spacial score (nSPS) is 11.1. The third kappa shape index (κ3) is 5.89. The lowest BCUT2D eigenvalue weighted by molar-refractivity contribution is -0.122. The Kier molecular flexibility index (Phi) is 5.44. The second-order valence-corrected chi connectivity index (χ2v) is 5.03. The maximum absolute atomic E-state index is 11.4. The summed E-state index contributed by atoms with van der Waals surface area (Å²) in [6, 6.07) is 7.10. The first-order valence-corrected chi connectivity index (χ1v) is 6.13. The van der Waals surface area contributed by atoms with Gasteiger partial charge in [-0.05, 0) is 26.0 Å². The van der Waals surface area contributed by atoms with Gasteiger partial charge in [0.2, 0.25) is 5.91 Å². The molecular weight excluding hydrogens is 254 g/mol. The van der Waals surface area contributed by atoms with Crippen LogP contribution >= 0.6 is 11.6 Å². The predicted octanol–water partition coefficient (Wildman–Crippen LogP) is 2.00. The van der Waals surface area contributed by atoms with Crippen LogP contribution in [-0.4, -0.2) is 29.8 Å². The van der Waals surface area contributed by atoms with Crippen molar-refractivity contribution in [3.8, 4) is 5.75 Å². The second-order valence-electron chi connectivity index (χ2n) is 4.62. The number of amides is 1. The van der Waals surface area contributed by atoms with Crippen molar-refractivity contribution in [3.63, 3.8) is 0 Å². The highest BCUT2D eigenvalue weighted by Crippen LogP contribution is 2.22. The van der Waals surface area contributed by atoms with E-state index in [4.69, 9.17) is 16.3 Å². The second kappa shape index (κ2) is 6.61. The number of hydrogen-bond acceptors (Lipinski definition) is 3. The van der Waals surface area contributed by atoms with Crippen LogP contribution in [0.25, 0.3) is 0 Å². The van der Waals surface area contributed by atoms with E-state index in [9.17, 15) is 9.90 Å². The minimum absolute atomic E-state index is 0.163. The van der Waals surface area contributed by atoms with Gasteiger partial charge in [-0.25, -0.2) is 0 Å². The van der Waals surface area contributed by atoms with Crippen molar-refractivity contribution in [1.29, 1.82) is 0 Å². The van der Waals surface area contributed by atoms with Gasteiger partial charge in [-0.15, -0.1) is 0 Å². The van der Waals surface area contributed by atoms with E-state index in [1.165, 1.54) is 0 Å². The Morgan fingerprint density at radius 2 is 2.11 bits per heavy atom. The first-order valence-electron chi connectivity index (χ1n) is 5.75. The summed E-state index contributed by atoms with van der Waals surface area (Å²) in [4.78, 5) is 11.4. The molecule has 0 atom stereocenters. The summed E-state index contributed by atoms with van der Waals surface area (Å²) < 4.78 is 5.38. The number of benzene rings is 1. The maximum atomic E-state index is 11.4. The zero-order valence-electron chi connectivity index (χ0n) is 10.6. The standard InChI is InChI=1S/C13H18ClNO3/c1-13(2,17)9-15-12(16)7-8-18-11-6-4-3-5-10(11)14/h3-6,17H,7-9H2,1-2H3,(H,15,16). The Bertz CT molecular complexity index is 401. The van der Waals surface area contributed by atoms with Crippen LogP contribution in [0.2, 0.25) is 5.02 Å². The molecule has 0 unspecified atom stereocenters. The summed E-state index contributed by atoms with van der Waals surface area (Å²) in [6.07, 6.45) is 0.224. The van der Waals surface area contributed by atoms with Gasteiger partial charge < -0.3 is 15.2 Å². The summed E-state index contributed by atoms with van der Waals surface area (Å²) in [7, 11) is 0. The van der Waals surface area contributed by atoms with Crippen LogP contribution < -0.4 is 10.1 Å². The van der Waals surface area contributed by atoms with Gasteiger partial charge in [0, 0.05) is 6.54 Å². The van der Waals surface area contributed by atoms with Crippen molar-refractivity contribution in [1.82, 2.24) is 5.32 Å². The van der Waals surface area contributed by atoms with E-state index in [2.05, 4.69) is 5.32 Å². The molecule has 2 N–H and O–H groups in total. The molecule has 0 aliphatic carbocycles. The SMILES string of the molecule is CC(C)(O)CNC(=O)CCOc1ccccc1Cl. The van der Waals surface area contributed by atoms with Gasteiger partial charge in [0.25, 0.3) is 0 Å². The van der Waals surface area contributed by atoms with Crippen LogP contribution in [0, 0.1) is 0 Å². The number of ether oxygens (including phenoxy) is 1. The summed E-state index contributed by atoms with van der Waals surface area (Å²) >= 11 is 5.90. The average molecular weight is 272 g/mol. The van der Waals surface area contributed by atoms with Crippen LogP contribution in [-0.2, 0) is 4.79 Å². The van der Waals surface area contributed by atoms with E-state index >= 15 is 0 Å². The molecule has 4 nitrogen and oxygen atoms in total. The molecule has 18 heavy (non-hydrogen) atoms. The summed E-state index contributed by atoms with van der Waals surface area (Å²) in [5.74, 6) is 0.402. The fraction of sp³-hybridized carbons (Fsp3) is 0.462. The summed E-state index contributed by atoms with van der Waals surface area (Å²) in [5.41, 5.74) is -0.904. The number of para-hydroxylation sites is 1. The van der Waals surface area contributed by atoms with E-state index in [1.54, 1.807) is 26.0 Å². The van der Waals surface area contributed by atoms with Crippen LogP contribution in [0.5, 0.6) is 5.75 Å². The molecular formula is C13H18ClNO3. The smallest absolute Gasteiger partial charge is 0.223 e. The Hall–Kier alpha value is -1.26. The quantitative estimate of drug-likeness (QED) is 0.832. The number of hydrogen-bond donors (Lipinski definition) is 2. The van der Waals surface area contributed by atoms with Crippen LogP contribution in [0.4, 0.5) is 0 Å². The van der Waals surface area contributed by atoms with E-state index in [0.717, 1.165) is 0 Å². The number of aliphatic hydroxyl groups is 1. The molecule has 1 aromatic rings. The fourth-order valence-electron chi connectivity index (χ4n) is 1.22. The minimum atomic E-state index is -0.904.